The number of carbonyl (C=O) groups excluding carboxylic acids is 1. The summed E-state index contributed by atoms with van der Waals surface area (Å²) in [6.07, 6.45) is 0.906. The smallest absolute Gasteiger partial charge is 0.244 e. The van der Waals surface area contributed by atoms with Gasteiger partial charge in [-0.2, -0.15) is 0 Å². The maximum atomic E-state index is 12.7. The van der Waals surface area contributed by atoms with E-state index in [0.717, 1.165) is 25.1 Å². The van der Waals surface area contributed by atoms with Gasteiger partial charge < -0.3 is 10.6 Å². The molecule has 0 radical (unpaired) electrons. The normalized spacial score (nSPS) is 20.8. The molecule has 4 nitrogen and oxygen atoms in total. The Morgan fingerprint density at radius 1 is 1.47 bits per heavy atom. The van der Waals surface area contributed by atoms with E-state index < -0.39 is 0 Å². The van der Waals surface area contributed by atoms with Crippen LogP contribution in [0, 0.1) is 0 Å². The summed E-state index contributed by atoms with van der Waals surface area (Å²) in [5.41, 5.74) is 6.96. The zero-order valence-corrected chi connectivity index (χ0v) is 11.7. The van der Waals surface area contributed by atoms with Gasteiger partial charge in [0, 0.05) is 19.1 Å². The summed E-state index contributed by atoms with van der Waals surface area (Å²) < 4.78 is 0. The van der Waals surface area contributed by atoms with Gasteiger partial charge in [-0.15, -0.1) is 0 Å². The Morgan fingerprint density at radius 2 is 2.16 bits per heavy atom. The van der Waals surface area contributed by atoms with Gasteiger partial charge in [0.2, 0.25) is 5.91 Å². The van der Waals surface area contributed by atoms with Crippen LogP contribution >= 0.6 is 0 Å². The molecule has 0 spiro atoms. The SMILES string of the molecule is CCN(C)C(C(=O)N1CCC(N)C1)c1ccccc1. The summed E-state index contributed by atoms with van der Waals surface area (Å²) in [5.74, 6) is 0.170. The van der Waals surface area contributed by atoms with E-state index in [9.17, 15) is 4.79 Å². The van der Waals surface area contributed by atoms with Crippen LogP contribution in [-0.2, 0) is 4.79 Å². The molecule has 1 saturated heterocycles. The monoisotopic (exact) mass is 261 g/mol. The van der Waals surface area contributed by atoms with Crippen molar-refractivity contribution in [2.75, 3.05) is 26.7 Å². The van der Waals surface area contributed by atoms with Crippen LogP contribution in [0.2, 0.25) is 0 Å². The molecule has 0 aliphatic carbocycles. The molecule has 2 N–H and O–H groups in total. The number of hydrogen-bond donors (Lipinski definition) is 1. The van der Waals surface area contributed by atoms with Crippen LogP contribution in [0.15, 0.2) is 30.3 Å². The van der Waals surface area contributed by atoms with Crippen LogP contribution in [0.5, 0.6) is 0 Å². The molecule has 0 saturated carbocycles. The Balaban J connectivity index is 2.21. The minimum absolute atomic E-state index is 0.132. The zero-order chi connectivity index (χ0) is 13.8. The van der Waals surface area contributed by atoms with Crippen molar-refractivity contribution in [3.05, 3.63) is 35.9 Å². The van der Waals surface area contributed by atoms with E-state index in [-0.39, 0.29) is 18.0 Å². The lowest BCUT2D eigenvalue weighted by Crippen LogP contribution is -2.41. The summed E-state index contributed by atoms with van der Waals surface area (Å²) in [7, 11) is 1.99. The van der Waals surface area contributed by atoms with Crippen LogP contribution in [0.25, 0.3) is 0 Å². The highest BCUT2D eigenvalue weighted by Gasteiger charge is 2.32. The zero-order valence-electron chi connectivity index (χ0n) is 11.7. The van der Waals surface area contributed by atoms with Crippen LogP contribution in [0.3, 0.4) is 0 Å². The molecule has 104 valence electrons. The summed E-state index contributed by atoms with van der Waals surface area (Å²) in [6.45, 7) is 4.37. The predicted octanol–water partition coefficient (Wildman–Crippen LogP) is 1.24. The molecule has 19 heavy (non-hydrogen) atoms. The predicted molar refractivity (Wildman–Crippen MR) is 76.7 cm³/mol. The van der Waals surface area contributed by atoms with E-state index in [0.29, 0.717) is 6.54 Å². The first-order chi connectivity index (χ1) is 9.13. The molecule has 1 fully saturated rings. The van der Waals surface area contributed by atoms with Crippen LogP contribution in [0.4, 0.5) is 0 Å². The molecule has 2 atom stereocenters. The summed E-state index contributed by atoms with van der Waals surface area (Å²) in [6, 6.07) is 9.91. The van der Waals surface area contributed by atoms with E-state index >= 15 is 0 Å². The molecule has 0 aromatic heterocycles. The highest BCUT2D eigenvalue weighted by molar-refractivity contribution is 5.83. The first kappa shape index (κ1) is 14.0. The van der Waals surface area contributed by atoms with Crippen LogP contribution in [-0.4, -0.2) is 48.4 Å². The first-order valence-electron chi connectivity index (χ1n) is 6.93. The fraction of sp³-hybridized carbons (Fsp3) is 0.533. The van der Waals surface area contributed by atoms with Gasteiger partial charge in [0.05, 0.1) is 0 Å². The number of nitrogens with two attached hydrogens (primary N) is 1. The molecule has 4 heteroatoms. The number of amides is 1. The van der Waals surface area contributed by atoms with E-state index in [2.05, 4.69) is 11.8 Å². The molecule has 1 amide bonds. The molecule has 1 aromatic carbocycles. The van der Waals surface area contributed by atoms with Crippen molar-refractivity contribution in [3.63, 3.8) is 0 Å². The van der Waals surface area contributed by atoms with Crippen molar-refractivity contribution in [3.8, 4) is 0 Å². The van der Waals surface area contributed by atoms with Gasteiger partial charge in [-0.25, -0.2) is 0 Å². The fourth-order valence-corrected chi connectivity index (χ4v) is 2.56. The Hall–Kier alpha value is -1.39. The molecular weight excluding hydrogens is 238 g/mol. The molecule has 2 rings (SSSR count). The minimum atomic E-state index is -0.198. The highest BCUT2D eigenvalue weighted by Crippen LogP contribution is 2.23. The van der Waals surface area contributed by atoms with E-state index in [4.69, 9.17) is 5.73 Å². The lowest BCUT2D eigenvalue weighted by atomic mass is 10.0. The van der Waals surface area contributed by atoms with Crippen LogP contribution < -0.4 is 5.73 Å². The second kappa shape index (κ2) is 6.17. The molecule has 1 aliphatic rings. The standard InChI is InChI=1S/C15H23N3O/c1-3-17(2)14(12-7-5-4-6-8-12)15(19)18-10-9-13(16)11-18/h4-8,13-14H,3,9-11,16H2,1-2H3. The number of carbonyl (C=O) groups is 1. The number of likely N-dealkylation sites (N-methyl/N-ethyl adjacent to an activating group) is 1. The maximum Gasteiger partial charge on any atom is 0.244 e. The molecule has 1 aromatic rings. The van der Waals surface area contributed by atoms with Crippen molar-refractivity contribution < 1.29 is 4.79 Å². The Kier molecular flexibility index (Phi) is 4.56. The largest absolute Gasteiger partial charge is 0.339 e. The lowest BCUT2D eigenvalue weighted by Gasteiger charge is -2.30. The fourth-order valence-electron chi connectivity index (χ4n) is 2.56. The average molecular weight is 261 g/mol. The van der Waals surface area contributed by atoms with E-state index in [1.54, 1.807) is 0 Å². The lowest BCUT2D eigenvalue weighted by molar-refractivity contribution is -0.135. The minimum Gasteiger partial charge on any atom is -0.339 e. The summed E-state index contributed by atoms with van der Waals surface area (Å²) in [5, 5.41) is 0. The number of likely N-dealkylation sites (tertiary alicyclic amines) is 1. The van der Waals surface area contributed by atoms with Gasteiger partial charge in [-0.05, 0) is 25.6 Å². The van der Waals surface area contributed by atoms with Crippen molar-refractivity contribution in [2.45, 2.75) is 25.4 Å². The Bertz CT molecular complexity index is 421. The number of nitrogens with zero attached hydrogens (tertiary/aromatic N) is 2. The van der Waals surface area contributed by atoms with Gasteiger partial charge >= 0.3 is 0 Å². The van der Waals surface area contributed by atoms with Gasteiger partial charge in [0.1, 0.15) is 6.04 Å². The van der Waals surface area contributed by atoms with Gasteiger partial charge in [-0.1, -0.05) is 37.3 Å². The topological polar surface area (TPSA) is 49.6 Å². The van der Waals surface area contributed by atoms with Gasteiger partial charge in [-0.3, -0.25) is 9.69 Å². The average Bonchev–Trinajstić information content (AvgIpc) is 2.86. The third-order valence-electron chi connectivity index (χ3n) is 3.83. The second-order valence-corrected chi connectivity index (χ2v) is 5.22. The Morgan fingerprint density at radius 3 is 2.68 bits per heavy atom. The Labute approximate surface area is 115 Å². The van der Waals surface area contributed by atoms with Crippen molar-refractivity contribution in [1.29, 1.82) is 0 Å². The molecule has 1 heterocycles. The summed E-state index contributed by atoms with van der Waals surface area (Å²) in [4.78, 5) is 16.7. The highest BCUT2D eigenvalue weighted by atomic mass is 16.2. The van der Waals surface area contributed by atoms with Crippen molar-refractivity contribution in [1.82, 2.24) is 9.80 Å². The number of rotatable bonds is 4. The third-order valence-corrected chi connectivity index (χ3v) is 3.83. The van der Waals surface area contributed by atoms with Crippen molar-refractivity contribution >= 4 is 5.91 Å². The maximum absolute atomic E-state index is 12.7. The second-order valence-electron chi connectivity index (χ2n) is 5.22. The third kappa shape index (κ3) is 3.14. The first-order valence-corrected chi connectivity index (χ1v) is 6.93. The summed E-state index contributed by atoms with van der Waals surface area (Å²) >= 11 is 0. The van der Waals surface area contributed by atoms with Gasteiger partial charge in [0.15, 0.2) is 0 Å². The van der Waals surface area contributed by atoms with Gasteiger partial charge in [0.25, 0.3) is 0 Å². The van der Waals surface area contributed by atoms with E-state index in [1.165, 1.54) is 0 Å². The van der Waals surface area contributed by atoms with Crippen molar-refractivity contribution in [2.24, 2.45) is 5.73 Å². The molecule has 0 bridgehead atoms. The molecule has 2 unspecified atom stereocenters. The van der Waals surface area contributed by atoms with E-state index in [1.807, 2.05) is 42.3 Å². The molecular formula is C15H23N3O. The number of hydrogen-bond acceptors (Lipinski definition) is 3. The quantitative estimate of drug-likeness (QED) is 0.887. The number of benzene rings is 1. The van der Waals surface area contributed by atoms with Crippen LogP contribution in [0.1, 0.15) is 24.9 Å². The molecule has 1 aliphatic heterocycles.